The SMILES string of the molecule is CCc1ccccc1C1CCCCCC1. The lowest BCUT2D eigenvalue weighted by atomic mass is 9.88. The van der Waals surface area contributed by atoms with Crippen LogP contribution < -0.4 is 0 Å². The Morgan fingerprint density at radius 3 is 2.33 bits per heavy atom. The van der Waals surface area contributed by atoms with Crippen LogP contribution in [-0.2, 0) is 6.42 Å². The van der Waals surface area contributed by atoms with Crippen molar-refractivity contribution < 1.29 is 0 Å². The summed E-state index contributed by atoms with van der Waals surface area (Å²) >= 11 is 0. The van der Waals surface area contributed by atoms with Crippen molar-refractivity contribution in [1.29, 1.82) is 0 Å². The summed E-state index contributed by atoms with van der Waals surface area (Å²) in [5.41, 5.74) is 3.21. The number of rotatable bonds is 2. The lowest BCUT2D eigenvalue weighted by Crippen LogP contribution is -2.01. The zero-order valence-corrected chi connectivity index (χ0v) is 9.84. The molecule has 15 heavy (non-hydrogen) atoms. The third kappa shape index (κ3) is 2.62. The molecule has 0 atom stereocenters. The van der Waals surface area contributed by atoms with Crippen molar-refractivity contribution in [1.82, 2.24) is 0 Å². The summed E-state index contributed by atoms with van der Waals surface area (Å²) in [6.07, 6.45) is 9.78. The number of hydrogen-bond donors (Lipinski definition) is 0. The Kier molecular flexibility index (Phi) is 3.82. The van der Waals surface area contributed by atoms with Crippen LogP contribution in [0.3, 0.4) is 0 Å². The molecule has 0 heterocycles. The molecule has 0 aromatic heterocycles. The van der Waals surface area contributed by atoms with E-state index in [9.17, 15) is 0 Å². The van der Waals surface area contributed by atoms with E-state index in [0.717, 1.165) is 5.92 Å². The highest BCUT2D eigenvalue weighted by Crippen LogP contribution is 2.33. The summed E-state index contributed by atoms with van der Waals surface area (Å²) in [4.78, 5) is 0. The molecule has 0 aliphatic heterocycles. The fourth-order valence-electron chi connectivity index (χ4n) is 2.84. The molecule has 1 aliphatic rings. The van der Waals surface area contributed by atoms with Crippen molar-refractivity contribution in [3.05, 3.63) is 35.4 Å². The van der Waals surface area contributed by atoms with E-state index in [1.54, 1.807) is 11.1 Å². The normalized spacial score (nSPS) is 18.7. The highest BCUT2D eigenvalue weighted by atomic mass is 14.2. The minimum Gasteiger partial charge on any atom is -0.0620 e. The number of hydrogen-bond acceptors (Lipinski definition) is 0. The highest BCUT2D eigenvalue weighted by molar-refractivity contribution is 5.30. The Bertz CT molecular complexity index is 293. The molecule has 0 nitrogen and oxygen atoms in total. The first kappa shape index (κ1) is 10.7. The van der Waals surface area contributed by atoms with Crippen LogP contribution >= 0.6 is 0 Å². The molecule has 0 spiro atoms. The Hall–Kier alpha value is -0.780. The maximum atomic E-state index is 2.36. The minimum absolute atomic E-state index is 0.851. The Morgan fingerprint density at radius 1 is 1.00 bits per heavy atom. The van der Waals surface area contributed by atoms with Crippen LogP contribution in [0, 0.1) is 0 Å². The fraction of sp³-hybridized carbons (Fsp3) is 0.600. The molecule has 1 aliphatic carbocycles. The molecule has 1 saturated carbocycles. The Morgan fingerprint density at radius 2 is 1.67 bits per heavy atom. The van der Waals surface area contributed by atoms with Gasteiger partial charge in [0.15, 0.2) is 0 Å². The van der Waals surface area contributed by atoms with Crippen molar-refractivity contribution in [2.24, 2.45) is 0 Å². The lowest BCUT2D eigenvalue weighted by Gasteiger charge is -2.17. The van der Waals surface area contributed by atoms with E-state index in [1.807, 2.05) is 0 Å². The van der Waals surface area contributed by atoms with Gasteiger partial charge >= 0.3 is 0 Å². The van der Waals surface area contributed by atoms with Crippen molar-refractivity contribution in [3.8, 4) is 0 Å². The van der Waals surface area contributed by atoms with Gasteiger partial charge < -0.3 is 0 Å². The zero-order valence-electron chi connectivity index (χ0n) is 9.84. The lowest BCUT2D eigenvalue weighted by molar-refractivity contribution is 0.588. The molecular weight excluding hydrogens is 180 g/mol. The van der Waals surface area contributed by atoms with Crippen LogP contribution in [-0.4, -0.2) is 0 Å². The molecule has 0 saturated heterocycles. The van der Waals surface area contributed by atoms with E-state index in [-0.39, 0.29) is 0 Å². The van der Waals surface area contributed by atoms with Crippen LogP contribution in [0.25, 0.3) is 0 Å². The van der Waals surface area contributed by atoms with Crippen LogP contribution in [0.1, 0.15) is 62.5 Å². The van der Waals surface area contributed by atoms with Gasteiger partial charge in [0, 0.05) is 0 Å². The molecule has 0 heteroatoms. The summed E-state index contributed by atoms with van der Waals surface area (Å²) in [5, 5.41) is 0. The summed E-state index contributed by atoms with van der Waals surface area (Å²) in [6.45, 7) is 2.27. The predicted molar refractivity (Wildman–Crippen MR) is 66.3 cm³/mol. The first-order valence-electron chi connectivity index (χ1n) is 6.49. The first-order chi connectivity index (χ1) is 7.42. The third-order valence-electron chi connectivity index (χ3n) is 3.73. The van der Waals surface area contributed by atoms with Crippen molar-refractivity contribution in [3.63, 3.8) is 0 Å². The van der Waals surface area contributed by atoms with E-state index >= 15 is 0 Å². The van der Waals surface area contributed by atoms with Gasteiger partial charge in [-0.2, -0.15) is 0 Å². The second kappa shape index (κ2) is 5.34. The van der Waals surface area contributed by atoms with Gasteiger partial charge in [-0.15, -0.1) is 0 Å². The van der Waals surface area contributed by atoms with Crippen molar-refractivity contribution in [2.75, 3.05) is 0 Å². The van der Waals surface area contributed by atoms with E-state index in [2.05, 4.69) is 31.2 Å². The smallest absolute Gasteiger partial charge is 0.0159 e. The standard InChI is InChI=1S/C15H22/c1-2-13-9-7-8-12-15(13)14-10-5-3-4-6-11-14/h7-9,12,14H,2-6,10-11H2,1H3. The molecule has 1 aromatic carbocycles. The number of aryl methyl sites for hydroxylation is 1. The molecule has 2 rings (SSSR count). The molecule has 0 unspecified atom stereocenters. The monoisotopic (exact) mass is 202 g/mol. The van der Waals surface area contributed by atoms with E-state index in [1.165, 1.54) is 44.9 Å². The predicted octanol–water partition coefficient (Wildman–Crippen LogP) is 4.69. The average molecular weight is 202 g/mol. The molecule has 0 radical (unpaired) electrons. The van der Waals surface area contributed by atoms with Gasteiger partial charge in [0.1, 0.15) is 0 Å². The van der Waals surface area contributed by atoms with E-state index in [0.29, 0.717) is 0 Å². The van der Waals surface area contributed by atoms with Crippen molar-refractivity contribution >= 4 is 0 Å². The Balaban J connectivity index is 2.18. The molecule has 1 aromatic rings. The average Bonchev–Trinajstić information content (AvgIpc) is 2.57. The topological polar surface area (TPSA) is 0 Å². The molecule has 1 fully saturated rings. The molecule has 0 amide bonds. The van der Waals surface area contributed by atoms with Gasteiger partial charge in [0.25, 0.3) is 0 Å². The minimum atomic E-state index is 0.851. The Labute approximate surface area is 93.7 Å². The molecule has 0 bridgehead atoms. The first-order valence-corrected chi connectivity index (χ1v) is 6.49. The van der Waals surface area contributed by atoms with Gasteiger partial charge in [0.05, 0.1) is 0 Å². The van der Waals surface area contributed by atoms with E-state index in [4.69, 9.17) is 0 Å². The van der Waals surface area contributed by atoms with E-state index < -0.39 is 0 Å². The maximum absolute atomic E-state index is 2.36. The summed E-state index contributed by atoms with van der Waals surface area (Å²) in [7, 11) is 0. The highest BCUT2D eigenvalue weighted by Gasteiger charge is 2.16. The zero-order chi connectivity index (χ0) is 10.5. The molecule has 82 valence electrons. The van der Waals surface area contributed by atoms with Crippen LogP contribution in [0.2, 0.25) is 0 Å². The number of benzene rings is 1. The second-order valence-electron chi connectivity index (χ2n) is 4.74. The third-order valence-corrected chi connectivity index (χ3v) is 3.73. The largest absolute Gasteiger partial charge is 0.0620 e. The van der Waals surface area contributed by atoms with Gasteiger partial charge in [-0.25, -0.2) is 0 Å². The maximum Gasteiger partial charge on any atom is -0.0159 e. The van der Waals surface area contributed by atoms with Crippen LogP contribution in [0.4, 0.5) is 0 Å². The summed E-state index contributed by atoms with van der Waals surface area (Å²) in [6, 6.07) is 9.05. The summed E-state index contributed by atoms with van der Waals surface area (Å²) in [5.74, 6) is 0.851. The van der Waals surface area contributed by atoms with Crippen molar-refractivity contribution in [2.45, 2.75) is 57.8 Å². The van der Waals surface area contributed by atoms with Gasteiger partial charge in [-0.3, -0.25) is 0 Å². The van der Waals surface area contributed by atoms with Gasteiger partial charge in [-0.1, -0.05) is 56.9 Å². The van der Waals surface area contributed by atoms with Crippen LogP contribution in [0.5, 0.6) is 0 Å². The summed E-state index contributed by atoms with van der Waals surface area (Å²) < 4.78 is 0. The van der Waals surface area contributed by atoms with Gasteiger partial charge in [0.2, 0.25) is 0 Å². The van der Waals surface area contributed by atoms with Gasteiger partial charge in [-0.05, 0) is 36.3 Å². The fourth-order valence-corrected chi connectivity index (χ4v) is 2.84. The molecular formula is C15H22. The quantitative estimate of drug-likeness (QED) is 0.610. The molecule has 0 N–H and O–H groups in total. The van der Waals surface area contributed by atoms with Crippen LogP contribution in [0.15, 0.2) is 24.3 Å². The second-order valence-corrected chi connectivity index (χ2v) is 4.74.